The number of rotatable bonds is 5. The molecule has 12 rings (SSSR count). The summed E-state index contributed by atoms with van der Waals surface area (Å²) in [4.78, 5) is 10.5. The molecule has 0 saturated carbocycles. The van der Waals surface area contributed by atoms with Gasteiger partial charge in [0.2, 0.25) is 0 Å². The number of hydrogen-bond donors (Lipinski definition) is 1. The summed E-state index contributed by atoms with van der Waals surface area (Å²) in [5.41, 5.74) is 17.2. The molecule has 7 heteroatoms. The van der Waals surface area contributed by atoms with Gasteiger partial charge in [0.15, 0.2) is 0 Å². The van der Waals surface area contributed by atoms with Crippen molar-refractivity contribution in [2.75, 3.05) is 9.80 Å². The van der Waals surface area contributed by atoms with Gasteiger partial charge in [-0.05, 0) is 96.5 Å². The maximum absolute atomic E-state index is 12.6. The third-order valence-corrected chi connectivity index (χ3v) is 13.9. The van der Waals surface area contributed by atoms with Gasteiger partial charge < -0.3 is 19.5 Å². The van der Waals surface area contributed by atoms with Crippen LogP contribution in [0.15, 0.2) is 140 Å². The number of phenols is 1. The van der Waals surface area contributed by atoms with Crippen LogP contribution in [0.2, 0.25) is 0 Å². The predicted octanol–water partition coefficient (Wildman–Crippen LogP) is 15.5. The normalized spacial score (nSPS) is 13.4. The molecule has 1 N–H and O–H groups in total. The van der Waals surface area contributed by atoms with Gasteiger partial charge in [0.25, 0.3) is 0 Å². The van der Waals surface area contributed by atoms with Crippen molar-refractivity contribution in [3.63, 3.8) is 0 Å². The van der Waals surface area contributed by atoms with Gasteiger partial charge in [-0.3, -0.25) is 4.57 Å². The molecule has 10 aromatic rings. The van der Waals surface area contributed by atoms with Crippen LogP contribution >= 0.6 is 0 Å². The molecule has 0 bridgehead atoms. The van der Waals surface area contributed by atoms with Crippen molar-refractivity contribution >= 4 is 60.7 Å². The average Bonchev–Trinajstić information content (AvgIpc) is 3.99. The fraction of sp³-hybridized carbons (Fsp3) is 0.200. The molecule has 334 valence electrons. The van der Waals surface area contributed by atoms with Crippen molar-refractivity contribution in [1.29, 1.82) is 0 Å². The van der Waals surface area contributed by atoms with Crippen LogP contribution in [-0.4, -0.2) is 25.3 Å². The van der Waals surface area contributed by atoms with E-state index >= 15 is 0 Å². The van der Waals surface area contributed by atoms with Crippen molar-refractivity contribution in [2.45, 2.75) is 79.2 Å². The Morgan fingerprint density at radius 3 is 2.03 bits per heavy atom. The number of benzene rings is 8. The number of aromatic hydroxyl groups is 1. The Hall–Kier alpha value is -6.62. The van der Waals surface area contributed by atoms with Crippen LogP contribution in [0, 0.1) is 19.7 Å². The minimum absolute atomic E-state index is 0. The first-order valence-corrected chi connectivity index (χ1v) is 23.2. The number of fused-ring (bicyclic) bond motifs is 9. The van der Waals surface area contributed by atoms with Crippen LogP contribution in [0.1, 0.15) is 72.1 Å². The Morgan fingerprint density at radius 1 is 0.612 bits per heavy atom. The first kappa shape index (κ1) is 43.0. The van der Waals surface area contributed by atoms with Crippen molar-refractivity contribution in [2.24, 2.45) is 0 Å². The summed E-state index contributed by atoms with van der Waals surface area (Å²) < 4.78 is 4.78. The van der Waals surface area contributed by atoms with E-state index in [0.29, 0.717) is 11.4 Å². The summed E-state index contributed by atoms with van der Waals surface area (Å²) in [6.07, 6.45) is 0. The maximum Gasteiger partial charge on any atom is 2.00 e. The molecule has 6 nitrogen and oxygen atoms in total. The predicted molar refractivity (Wildman–Crippen MR) is 276 cm³/mol. The van der Waals surface area contributed by atoms with Gasteiger partial charge in [-0.1, -0.05) is 167 Å². The monoisotopic (exact) mass is 1050 g/mol. The summed E-state index contributed by atoms with van der Waals surface area (Å²) in [6.45, 7) is 22.2. The molecular weight excluding hydrogens is 1000 g/mol. The number of anilines is 3. The van der Waals surface area contributed by atoms with E-state index in [1.54, 1.807) is 0 Å². The van der Waals surface area contributed by atoms with E-state index in [-0.39, 0.29) is 43.7 Å². The molecule has 8 aromatic carbocycles. The zero-order valence-corrected chi connectivity index (χ0v) is 41.7. The van der Waals surface area contributed by atoms with E-state index in [1.165, 1.54) is 38.7 Å². The van der Waals surface area contributed by atoms with Crippen molar-refractivity contribution < 1.29 is 26.2 Å². The molecule has 0 aliphatic carbocycles. The van der Waals surface area contributed by atoms with E-state index in [2.05, 4.69) is 234 Å². The number of phenolic OH excluding ortho intramolecular Hbond substituents is 1. The van der Waals surface area contributed by atoms with Gasteiger partial charge in [-0.25, -0.2) is 4.98 Å². The molecule has 2 aromatic heterocycles. The Balaban J connectivity index is 0.00000494. The van der Waals surface area contributed by atoms with Crippen LogP contribution in [-0.2, 0) is 31.9 Å². The van der Waals surface area contributed by atoms with E-state index in [9.17, 15) is 5.11 Å². The van der Waals surface area contributed by atoms with E-state index in [1.807, 2.05) is 0 Å². The molecule has 67 heavy (non-hydrogen) atoms. The Kier molecular flexibility index (Phi) is 9.75. The first-order valence-electron chi connectivity index (χ1n) is 23.2. The van der Waals surface area contributed by atoms with Gasteiger partial charge >= 0.3 is 21.1 Å². The summed E-state index contributed by atoms with van der Waals surface area (Å²) in [6, 6.07) is 54.7. The standard InChI is InChI=1S/C60H53N5O.Pt/c1-35(2)62-34-63-52-33-45(39-20-13-14-22-42(39)54(52)65-48-24-16-15-21-40(48)43-27-29-51(62)56(63)55(43)65)41-23-17-25-50-53(41)61-58(46-31-38(59(4,5)6)32-47(57(46)66)60(7,8)9)64(50)49-28-26-36(3)30-44(49)37-18-11-10-12-19-37;/h10-32,34-35,66H,1-9H3;/q-2;+2. The number of imidazole rings is 1. The smallest absolute Gasteiger partial charge is 0.507 e. The zero-order valence-electron chi connectivity index (χ0n) is 39.4. The molecule has 0 atom stereocenters. The summed E-state index contributed by atoms with van der Waals surface area (Å²) >= 11 is 0. The first-order chi connectivity index (χ1) is 31.7. The fourth-order valence-corrected chi connectivity index (χ4v) is 10.7. The molecule has 0 saturated heterocycles. The number of aromatic nitrogens is 3. The van der Waals surface area contributed by atoms with E-state index < -0.39 is 0 Å². The second-order valence-corrected chi connectivity index (χ2v) is 20.7. The summed E-state index contributed by atoms with van der Waals surface area (Å²) in [5.74, 6) is 0.946. The average molecular weight is 1060 g/mol. The number of para-hydroxylation sites is 2. The molecule has 4 heterocycles. The van der Waals surface area contributed by atoms with Crippen LogP contribution < -0.4 is 9.80 Å². The molecule has 2 aliphatic heterocycles. The van der Waals surface area contributed by atoms with Gasteiger partial charge in [-0.2, -0.15) is 6.67 Å². The van der Waals surface area contributed by atoms with Crippen molar-refractivity contribution in [3.8, 4) is 50.8 Å². The molecule has 0 spiro atoms. The number of hydrogen-bond acceptors (Lipinski definition) is 4. The SMILES string of the molecule is Cc1ccc(-n2c(-c3cc(C(C)(C)C)cc(C(C)(C)C)c3O)nc3c(-c4[c-]c5c(c6ccccc46)-n4c6ccccc6c6ccc7c(c64)N5[CH-]N7C(C)C)cccc32)c(-c2ccccc2)c1.[Pt+2]. The number of nitrogens with zero attached hydrogens (tertiary/aromatic N) is 5. The van der Waals surface area contributed by atoms with Gasteiger partial charge in [0.1, 0.15) is 11.6 Å². The quantitative estimate of drug-likeness (QED) is 0.175. The van der Waals surface area contributed by atoms with Crippen LogP contribution in [0.25, 0.3) is 88.6 Å². The maximum atomic E-state index is 12.6. The van der Waals surface area contributed by atoms with Crippen molar-refractivity contribution in [3.05, 3.63) is 169 Å². The van der Waals surface area contributed by atoms with Crippen LogP contribution in [0.4, 0.5) is 17.1 Å². The second kappa shape index (κ2) is 15.2. The third kappa shape index (κ3) is 6.36. The second-order valence-electron chi connectivity index (χ2n) is 20.7. The molecule has 2 aliphatic rings. The fourth-order valence-electron chi connectivity index (χ4n) is 10.7. The van der Waals surface area contributed by atoms with Gasteiger partial charge in [0.05, 0.1) is 33.5 Å². The minimum atomic E-state index is -0.328. The van der Waals surface area contributed by atoms with Crippen molar-refractivity contribution in [1.82, 2.24) is 14.1 Å². The molecule has 0 unspecified atom stereocenters. The Morgan fingerprint density at radius 2 is 1.30 bits per heavy atom. The summed E-state index contributed by atoms with van der Waals surface area (Å²) in [7, 11) is 0. The van der Waals surface area contributed by atoms with Crippen LogP contribution in [0.5, 0.6) is 5.75 Å². The van der Waals surface area contributed by atoms with E-state index in [4.69, 9.17) is 4.98 Å². The van der Waals surface area contributed by atoms with Gasteiger partial charge in [-0.15, -0.1) is 11.6 Å². The van der Waals surface area contributed by atoms with Gasteiger partial charge in [0, 0.05) is 33.1 Å². The molecule has 0 fully saturated rings. The van der Waals surface area contributed by atoms with Crippen LogP contribution in [0.3, 0.4) is 0 Å². The Bertz CT molecular complexity index is 3660. The minimum Gasteiger partial charge on any atom is -0.507 e. The summed E-state index contributed by atoms with van der Waals surface area (Å²) in [5, 5.41) is 17.3. The Labute approximate surface area is 407 Å². The zero-order chi connectivity index (χ0) is 45.6. The number of aryl methyl sites for hydroxylation is 1. The largest absolute Gasteiger partial charge is 2.00 e. The van der Waals surface area contributed by atoms with E-state index in [0.717, 1.165) is 72.2 Å². The third-order valence-electron chi connectivity index (χ3n) is 13.9. The molecule has 0 radical (unpaired) electrons. The topological polar surface area (TPSA) is 49.5 Å². The molecule has 0 amide bonds. The molecular formula is C60H53N5OPt.